The van der Waals surface area contributed by atoms with Crippen LogP contribution in [0.5, 0.6) is 11.5 Å². The minimum Gasteiger partial charge on any atom is -0.493 e. The number of nitrogens with one attached hydrogen (secondary N) is 1. The van der Waals surface area contributed by atoms with Gasteiger partial charge in [-0.15, -0.1) is 0 Å². The molecular weight excluding hydrogens is 340 g/mol. The number of methoxy groups -OCH3 is 2. The molecule has 140 valence electrons. The van der Waals surface area contributed by atoms with E-state index in [4.69, 9.17) is 15.2 Å². The molecule has 0 atom stereocenters. The number of nitrogens with two attached hydrogens (primary N) is 1. The number of halogens is 2. The molecule has 0 unspecified atom stereocenters. The number of nitrogens with zero attached hydrogens (tertiary/aromatic N) is 1. The molecule has 0 aromatic heterocycles. The van der Waals surface area contributed by atoms with E-state index in [0.717, 1.165) is 11.6 Å². The Kier molecular flexibility index (Phi) is 7.20. The van der Waals surface area contributed by atoms with Crippen molar-refractivity contribution in [1.82, 2.24) is 5.32 Å². The maximum absolute atomic E-state index is 13.1. The summed E-state index contributed by atoms with van der Waals surface area (Å²) in [6.07, 6.45) is 1.14. The minimum atomic E-state index is -0.587. The normalized spacial score (nSPS) is 11.3. The van der Waals surface area contributed by atoms with Crippen molar-refractivity contribution in [2.45, 2.75) is 12.8 Å². The van der Waals surface area contributed by atoms with Crippen LogP contribution < -0.4 is 20.5 Å². The fraction of sp³-hybridized carbons (Fsp3) is 0.316. The number of guanidine groups is 1. The van der Waals surface area contributed by atoms with Crippen molar-refractivity contribution in [2.24, 2.45) is 10.7 Å². The Balaban J connectivity index is 1.79. The second kappa shape index (κ2) is 9.60. The highest BCUT2D eigenvalue weighted by molar-refractivity contribution is 5.77. The summed E-state index contributed by atoms with van der Waals surface area (Å²) in [5.41, 5.74) is 7.42. The second-order valence-corrected chi connectivity index (χ2v) is 5.66. The number of benzene rings is 2. The third-order valence-electron chi connectivity index (χ3n) is 3.77. The molecule has 5 nitrogen and oxygen atoms in total. The molecule has 0 aliphatic rings. The second-order valence-electron chi connectivity index (χ2n) is 5.66. The van der Waals surface area contributed by atoms with Crippen LogP contribution >= 0.6 is 0 Å². The van der Waals surface area contributed by atoms with E-state index in [1.165, 1.54) is 12.1 Å². The van der Waals surface area contributed by atoms with Gasteiger partial charge in [-0.25, -0.2) is 8.78 Å². The van der Waals surface area contributed by atoms with Crippen LogP contribution in [-0.2, 0) is 12.8 Å². The summed E-state index contributed by atoms with van der Waals surface area (Å²) in [6, 6.07) is 9.14. The Labute approximate surface area is 151 Å². The first-order valence-corrected chi connectivity index (χ1v) is 8.21. The first-order chi connectivity index (χ1) is 12.5. The van der Waals surface area contributed by atoms with Crippen LogP contribution in [0.1, 0.15) is 11.1 Å². The number of hydrogen-bond acceptors (Lipinski definition) is 3. The van der Waals surface area contributed by atoms with Crippen molar-refractivity contribution >= 4 is 5.96 Å². The lowest BCUT2D eigenvalue weighted by Crippen LogP contribution is -2.33. The molecule has 2 rings (SSSR count). The molecule has 2 aromatic carbocycles. The minimum absolute atomic E-state index is 0.294. The van der Waals surface area contributed by atoms with Gasteiger partial charge in [0, 0.05) is 19.2 Å². The monoisotopic (exact) mass is 363 g/mol. The van der Waals surface area contributed by atoms with E-state index in [1.54, 1.807) is 14.2 Å². The van der Waals surface area contributed by atoms with Crippen LogP contribution in [0.25, 0.3) is 0 Å². The van der Waals surface area contributed by atoms with E-state index in [0.29, 0.717) is 49.0 Å². The number of aliphatic imine (C=N–C) groups is 1. The third kappa shape index (κ3) is 5.91. The van der Waals surface area contributed by atoms with Crippen molar-refractivity contribution in [2.75, 3.05) is 27.3 Å². The molecular formula is C19H23F2N3O2. The average molecular weight is 363 g/mol. The van der Waals surface area contributed by atoms with Crippen molar-refractivity contribution in [1.29, 1.82) is 0 Å². The fourth-order valence-corrected chi connectivity index (χ4v) is 2.49. The Morgan fingerprint density at radius 3 is 2.31 bits per heavy atom. The molecule has 7 heteroatoms. The largest absolute Gasteiger partial charge is 0.493 e. The average Bonchev–Trinajstić information content (AvgIpc) is 2.60. The van der Waals surface area contributed by atoms with Gasteiger partial charge in [-0.3, -0.25) is 4.99 Å². The molecule has 0 fully saturated rings. The van der Waals surface area contributed by atoms with Gasteiger partial charge in [0.1, 0.15) is 11.6 Å². The molecule has 0 heterocycles. The van der Waals surface area contributed by atoms with Crippen molar-refractivity contribution < 1.29 is 18.3 Å². The van der Waals surface area contributed by atoms with Gasteiger partial charge >= 0.3 is 0 Å². The van der Waals surface area contributed by atoms with E-state index < -0.39 is 11.6 Å². The number of rotatable bonds is 8. The summed E-state index contributed by atoms with van der Waals surface area (Å²) < 4.78 is 36.7. The smallest absolute Gasteiger partial charge is 0.188 e. The zero-order valence-electron chi connectivity index (χ0n) is 14.9. The predicted molar refractivity (Wildman–Crippen MR) is 97.8 cm³/mol. The van der Waals surface area contributed by atoms with Crippen molar-refractivity contribution in [3.05, 3.63) is 59.2 Å². The van der Waals surface area contributed by atoms with Gasteiger partial charge in [0.15, 0.2) is 17.5 Å². The van der Waals surface area contributed by atoms with Gasteiger partial charge in [0.2, 0.25) is 0 Å². The molecule has 0 aliphatic carbocycles. The van der Waals surface area contributed by atoms with Crippen LogP contribution in [0.3, 0.4) is 0 Å². The highest BCUT2D eigenvalue weighted by atomic mass is 19.1. The zero-order valence-corrected chi connectivity index (χ0v) is 14.9. The lowest BCUT2D eigenvalue weighted by Gasteiger charge is -2.09. The Bertz CT molecular complexity index is 746. The van der Waals surface area contributed by atoms with E-state index >= 15 is 0 Å². The fourth-order valence-electron chi connectivity index (χ4n) is 2.49. The summed E-state index contributed by atoms with van der Waals surface area (Å²) in [7, 11) is 3.18. The van der Waals surface area contributed by atoms with E-state index in [-0.39, 0.29) is 0 Å². The number of hydrogen-bond donors (Lipinski definition) is 2. The third-order valence-corrected chi connectivity index (χ3v) is 3.77. The lowest BCUT2D eigenvalue weighted by molar-refractivity contribution is 0.354. The van der Waals surface area contributed by atoms with Gasteiger partial charge in [0.05, 0.1) is 14.2 Å². The van der Waals surface area contributed by atoms with Crippen LogP contribution in [-0.4, -0.2) is 33.3 Å². The molecule has 2 aromatic rings. The predicted octanol–water partition coefficient (Wildman–Crippen LogP) is 2.67. The molecule has 0 amide bonds. The quantitative estimate of drug-likeness (QED) is 0.559. The molecule has 0 saturated heterocycles. The van der Waals surface area contributed by atoms with Gasteiger partial charge in [-0.2, -0.15) is 0 Å². The molecule has 3 N–H and O–H groups in total. The Morgan fingerprint density at radius 1 is 0.962 bits per heavy atom. The Morgan fingerprint density at radius 2 is 1.65 bits per heavy atom. The first-order valence-electron chi connectivity index (χ1n) is 8.21. The maximum atomic E-state index is 13.1. The Hall–Kier alpha value is -2.83. The van der Waals surface area contributed by atoms with Gasteiger partial charge in [0.25, 0.3) is 0 Å². The summed E-state index contributed by atoms with van der Waals surface area (Å²) in [4.78, 5) is 4.25. The number of ether oxygens (including phenoxy) is 2. The van der Waals surface area contributed by atoms with Gasteiger partial charge in [-0.05, 0) is 48.2 Å². The first kappa shape index (κ1) is 19.5. The SMILES string of the molecule is COc1ccc(CCN=C(N)NCCc2cc(F)cc(F)c2)cc1OC. The van der Waals surface area contributed by atoms with E-state index in [9.17, 15) is 8.78 Å². The van der Waals surface area contributed by atoms with Crippen LogP contribution in [0.15, 0.2) is 41.4 Å². The standard InChI is InChI=1S/C19H23F2N3O2/c1-25-17-4-3-13(11-18(17)26-2)5-7-23-19(22)24-8-6-14-9-15(20)12-16(21)10-14/h3-4,9-12H,5-8H2,1-2H3,(H3,22,23,24). The highest BCUT2D eigenvalue weighted by Gasteiger charge is 2.04. The van der Waals surface area contributed by atoms with Crippen LogP contribution in [0.4, 0.5) is 8.78 Å². The summed E-state index contributed by atoms with van der Waals surface area (Å²) >= 11 is 0. The molecule has 0 spiro atoms. The molecule has 0 bridgehead atoms. The molecule has 0 aliphatic heterocycles. The summed E-state index contributed by atoms with van der Waals surface area (Å²) in [6.45, 7) is 0.942. The zero-order chi connectivity index (χ0) is 18.9. The van der Waals surface area contributed by atoms with Crippen LogP contribution in [0, 0.1) is 11.6 Å². The van der Waals surface area contributed by atoms with E-state index in [2.05, 4.69) is 10.3 Å². The molecule has 0 saturated carbocycles. The highest BCUT2D eigenvalue weighted by Crippen LogP contribution is 2.27. The summed E-state index contributed by atoms with van der Waals surface area (Å²) in [5.74, 6) is 0.465. The summed E-state index contributed by atoms with van der Waals surface area (Å²) in [5, 5.41) is 2.94. The van der Waals surface area contributed by atoms with E-state index in [1.807, 2.05) is 18.2 Å². The molecule has 0 radical (unpaired) electrons. The van der Waals surface area contributed by atoms with Gasteiger partial charge in [-0.1, -0.05) is 6.07 Å². The topological polar surface area (TPSA) is 68.9 Å². The van der Waals surface area contributed by atoms with Crippen molar-refractivity contribution in [3.8, 4) is 11.5 Å². The van der Waals surface area contributed by atoms with Crippen molar-refractivity contribution in [3.63, 3.8) is 0 Å². The lowest BCUT2D eigenvalue weighted by atomic mass is 10.1. The van der Waals surface area contributed by atoms with Gasteiger partial charge < -0.3 is 20.5 Å². The van der Waals surface area contributed by atoms with Crippen LogP contribution in [0.2, 0.25) is 0 Å². The molecule has 26 heavy (non-hydrogen) atoms. The maximum Gasteiger partial charge on any atom is 0.188 e.